The Kier molecular flexibility index (Phi) is 6.11. The number of nitrogens with one attached hydrogen (secondary N) is 1. The quantitative estimate of drug-likeness (QED) is 0.776. The van der Waals surface area contributed by atoms with Crippen molar-refractivity contribution in [3.05, 3.63) is 0 Å². The molecule has 112 valence electrons. The van der Waals surface area contributed by atoms with Crippen LogP contribution < -0.4 is 5.32 Å². The Balaban J connectivity index is 1.70. The number of nitrogens with zero attached hydrogens (tertiary/aromatic N) is 1. The van der Waals surface area contributed by atoms with E-state index in [1.165, 1.54) is 71.0 Å². The summed E-state index contributed by atoms with van der Waals surface area (Å²) in [4.78, 5) is 2.58. The monoisotopic (exact) mass is 268 g/mol. The number of hydrogen-bond acceptors (Lipinski definition) is 3. The normalized spacial score (nSPS) is 25.6. The van der Waals surface area contributed by atoms with Crippen LogP contribution in [0.3, 0.4) is 0 Å². The van der Waals surface area contributed by atoms with Gasteiger partial charge < -0.3 is 15.3 Å². The van der Waals surface area contributed by atoms with Crippen molar-refractivity contribution in [2.24, 2.45) is 5.41 Å². The van der Waals surface area contributed by atoms with E-state index in [1.54, 1.807) is 0 Å². The van der Waals surface area contributed by atoms with Gasteiger partial charge in [0.2, 0.25) is 0 Å². The summed E-state index contributed by atoms with van der Waals surface area (Å²) in [6.07, 6.45) is 10.2. The third-order valence-corrected chi connectivity index (χ3v) is 5.14. The lowest BCUT2D eigenvalue weighted by Crippen LogP contribution is -2.47. The number of aliphatic hydroxyl groups is 1. The fourth-order valence-electron chi connectivity index (χ4n) is 3.73. The van der Waals surface area contributed by atoms with Crippen molar-refractivity contribution in [1.82, 2.24) is 10.2 Å². The van der Waals surface area contributed by atoms with E-state index in [4.69, 9.17) is 0 Å². The van der Waals surface area contributed by atoms with Crippen LogP contribution >= 0.6 is 0 Å². The predicted molar refractivity (Wildman–Crippen MR) is 80.4 cm³/mol. The van der Waals surface area contributed by atoms with Gasteiger partial charge in [0.15, 0.2) is 0 Å². The summed E-state index contributed by atoms with van der Waals surface area (Å²) in [7, 11) is 0. The molecule has 2 fully saturated rings. The number of piperidine rings is 1. The zero-order valence-electron chi connectivity index (χ0n) is 12.7. The average Bonchev–Trinajstić information content (AvgIpc) is 2.48. The fourth-order valence-corrected chi connectivity index (χ4v) is 3.73. The summed E-state index contributed by atoms with van der Waals surface area (Å²) in [5.74, 6) is 0. The van der Waals surface area contributed by atoms with Gasteiger partial charge in [0.25, 0.3) is 0 Å². The molecule has 0 aromatic heterocycles. The average molecular weight is 268 g/mol. The van der Waals surface area contributed by atoms with Crippen LogP contribution in [-0.2, 0) is 0 Å². The van der Waals surface area contributed by atoms with Crippen molar-refractivity contribution in [3.8, 4) is 0 Å². The first-order valence-electron chi connectivity index (χ1n) is 8.34. The van der Waals surface area contributed by atoms with Gasteiger partial charge in [-0.15, -0.1) is 0 Å². The van der Waals surface area contributed by atoms with E-state index in [0.29, 0.717) is 12.6 Å². The largest absolute Gasteiger partial charge is 0.396 e. The SMILES string of the molecule is CCCN1CCC(NCC2(CO)CCCCC2)CC1. The van der Waals surface area contributed by atoms with Gasteiger partial charge in [0, 0.05) is 24.6 Å². The second-order valence-corrected chi connectivity index (χ2v) is 6.72. The van der Waals surface area contributed by atoms with Crippen LogP contribution in [0.5, 0.6) is 0 Å². The van der Waals surface area contributed by atoms with Crippen molar-refractivity contribution in [3.63, 3.8) is 0 Å². The number of hydrogen-bond donors (Lipinski definition) is 2. The van der Waals surface area contributed by atoms with Gasteiger partial charge in [-0.1, -0.05) is 26.2 Å². The van der Waals surface area contributed by atoms with E-state index in [9.17, 15) is 5.11 Å². The van der Waals surface area contributed by atoms with Crippen LogP contribution in [0.25, 0.3) is 0 Å². The van der Waals surface area contributed by atoms with Gasteiger partial charge in [-0.25, -0.2) is 0 Å². The minimum atomic E-state index is 0.193. The molecule has 0 aromatic carbocycles. The van der Waals surface area contributed by atoms with Crippen molar-refractivity contribution < 1.29 is 5.11 Å². The van der Waals surface area contributed by atoms with E-state index in [-0.39, 0.29) is 5.41 Å². The standard InChI is InChI=1S/C16H32N2O/c1-2-10-18-11-6-15(7-12-18)17-13-16(14-19)8-4-3-5-9-16/h15,17,19H,2-14H2,1H3. The minimum absolute atomic E-state index is 0.193. The summed E-state index contributed by atoms with van der Waals surface area (Å²) >= 11 is 0. The number of likely N-dealkylation sites (tertiary alicyclic amines) is 1. The van der Waals surface area contributed by atoms with Gasteiger partial charge in [0.1, 0.15) is 0 Å². The third kappa shape index (κ3) is 4.44. The Morgan fingerprint density at radius 1 is 1.16 bits per heavy atom. The molecule has 2 aliphatic rings. The minimum Gasteiger partial charge on any atom is -0.396 e. The molecule has 0 radical (unpaired) electrons. The number of rotatable bonds is 6. The molecule has 0 aromatic rings. The van der Waals surface area contributed by atoms with Crippen LogP contribution in [0.4, 0.5) is 0 Å². The molecule has 1 aliphatic heterocycles. The van der Waals surface area contributed by atoms with Crippen LogP contribution in [0.15, 0.2) is 0 Å². The lowest BCUT2D eigenvalue weighted by atomic mass is 9.74. The summed E-state index contributed by atoms with van der Waals surface area (Å²) in [5, 5.41) is 13.5. The molecule has 0 spiro atoms. The van der Waals surface area contributed by atoms with Crippen molar-refractivity contribution in [1.29, 1.82) is 0 Å². The molecule has 2 N–H and O–H groups in total. The first-order valence-corrected chi connectivity index (χ1v) is 8.34. The molecule has 3 nitrogen and oxygen atoms in total. The van der Waals surface area contributed by atoms with E-state index in [0.717, 1.165) is 6.54 Å². The Hall–Kier alpha value is -0.120. The summed E-state index contributed by atoms with van der Waals surface area (Å²) in [5.41, 5.74) is 0.193. The zero-order valence-corrected chi connectivity index (χ0v) is 12.7. The van der Waals surface area contributed by atoms with Crippen LogP contribution in [0.2, 0.25) is 0 Å². The molecule has 2 rings (SSSR count). The van der Waals surface area contributed by atoms with Gasteiger partial charge >= 0.3 is 0 Å². The molecule has 19 heavy (non-hydrogen) atoms. The Morgan fingerprint density at radius 3 is 2.42 bits per heavy atom. The fraction of sp³-hybridized carbons (Fsp3) is 1.00. The van der Waals surface area contributed by atoms with E-state index < -0.39 is 0 Å². The lowest BCUT2D eigenvalue weighted by Gasteiger charge is -2.39. The maximum absolute atomic E-state index is 9.73. The molecule has 0 unspecified atom stereocenters. The molecule has 1 saturated heterocycles. The summed E-state index contributed by atoms with van der Waals surface area (Å²) in [6, 6.07) is 0.679. The Bertz CT molecular complexity index is 243. The smallest absolute Gasteiger partial charge is 0.0499 e. The van der Waals surface area contributed by atoms with Crippen molar-refractivity contribution >= 4 is 0 Å². The number of aliphatic hydroxyl groups excluding tert-OH is 1. The maximum atomic E-state index is 9.73. The zero-order chi connectivity index (χ0) is 13.6. The van der Waals surface area contributed by atoms with Gasteiger partial charge in [0.05, 0.1) is 0 Å². The van der Waals surface area contributed by atoms with Gasteiger partial charge in [-0.05, 0) is 51.7 Å². The topological polar surface area (TPSA) is 35.5 Å². The molecular formula is C16H32N2O. The molecule has 1 aliphatic carbocycles. The highest BCUT2D eigenvalue weighted by atomic mass is 16.3. The molecule has 0 bridgehead atoms. The third-order valence-electron chi connectivity index (χ3n) is 5.14. The second kappa shape index (κ2) is 7.61. The lowest BCUT2D eigenvalue weighted by molar-refractivity contribution is 0.0740. The van der Waals surface area contributed by atoms with Gasteiger partial charge in [-0.3, -0.25) is 0 Å². The Labute approximate surface area is 118 Å². The van der Waals surface area contributed by atoms with E-state index in [2.05, 4.69) is 17.1 Å². The summed E-state index contributed by atoms with van der Waals surface area (Å²) < 4.78 is 0. The first-order chi connectivity index (χ1) is 9.28. The maximum Gasteiger partial charge on any atom is 0.0499 e. The summed E-state index contributed by atoms with van der Waals surface area (Å²) in [6.45, 7) is 7.41. The second-order valence-electron chi connectivity index (χ2n) is 6.72. The molecular weight excluding hydrogens is 236 g/mol. The van der Waals surface area contributed by atoms with Crippen molar-refractivity contribution in [2.75, 3.05) is 32.8 Å². The highest BCUT2D eigenvalue weighted by Crippen LogP contribution is 2.35. The van der Waals surface area contributed by atoms with Crippen molar-refractivity contribution in [2.45, 2.75) is 64.3 Å². The van der Waals surface area contributed by atoms with Crippen LogP contribution in [0.1, 0.15) is 58.3 Å². The van der Waals surface area contributed by atoms with E-state index in [1.807, 2.05) is 0 Å². The van der Waals surface area contributed by atoms with E-state index >= 15 is 0 Å². The molecule has 0 atom stereocenters. The molecule has 1 heterocycles. The molecule has 0 amide bonds. The van der Waals surface area contributed by atoms with Crippen LogP contribution in [-0.4, -0.2) is 48.8 Å². The van der Waals surface area contributed by atoms with Crippen LogP contribution in [0, 0.1) is 5.41 Å². The highest BCUT2D eigenvalue weighted by Gasteiger charge is 2.32. The van der Waals surface area contributed by atoms with Gasteiger partial charge in [-0.2, -0.15) is 0 Å². The predicted octanol–water partition coefficient (Wildman–Crippen LogP) is 2.39. The Morgan fingerprint density at radius 2 is 1.84 bits per heavy atom. The molecule has 3 heteroatoms. The first kappa shape index (κ1) is 15.3. The molecule has 1 saturated carbocycles. The highest BCUT2D eigenvalue weighted by molar-refractivity contribution is 4.87.